The van der Waals surface area contributed by atoms with Crippen molar-refractivity contribution in [3.05, 3.63) is 94.7 Å². The number of nitrogens with zero attached hydrogens (tertiary/aromatic N) is 8. The lowest BCUT2D eigenvalue weighted by molar-refractivity contribution is -0.144. The van der Waals surface area contributed by atoms with Crippen LogP contribution in [0.4, 0.5) is 15.9 Å². The number of carbonyl (C=O) groups excluding carboxylic acids is 5. The molecule has 21 heteroatoms. The number of nitrogens with one attached hydrogen (secondary N) is 4. The fraction of sp³-hybridized carbons (Fsp3) is 0.536. The number of ether oxygens (including phenoxy) is 2. The van der Waals surface area contributed by atoms with Crippen molar-refractivity contribution >= 4 is 41.0 Å². The van der Waals surface area contributed by atoms with Crippen LogP contribution in [-0.4, -0.2) is 157 Å². The van der Waals surface area contributed by atoms with E-state index in [0.29, 0.717) is 72.6 Å². The van der Waals surface area contributed by atoms with Gasteiger partial charge in [-0.15, -0.1) is 0 Å². The maximum atomic E-state index is 14.8. The summed E-state index contributed by atoms with van der Waals surface area (Å²) in [4.78, 5) is 80.1. The zero-order valence-electron chi connectivity index (χ0n) is 45.7. The molecule has 0 spiro atoms. The molecule has 2 bridgehead atoms. The van der Waals surface area contributed by atoms with E-state index in [1.165, 1.54) is 23.1 Å². The van der Waals surface area contributed by atoms with E-state index in [2.05, 4.69) is 37.2 Å². The molecule has 5 heterocycles. The number of likely N-dealkylation sites (N-methyl/N-ethyl adjacent to an activating group) is 2. The highest BCUT2D eigenvalue weighted by Gasteiger charge is 2.45. The zero-order valence-corrected chi connectivity index (χ0v) is 45.7. The molecule has 2 aromatic heterocycles. The van der Waals surface area contributed by atoms with Crippen molar-refractivity contribution < 1.29 is 37.8 Å². The smallest absolute Gasteiger partial charge is 0.254 e. The Bertz CT molecular complexity index is 2780. The van der Waals surface area contributed by atoms with Gasteiger partial charge in [0.1, 0.15) is 35.5 Å². The SMILES string of the molecule is CC[C@H](NC(=O)[C@H]1C[C@@H](NCCOCCOCCC(=O)N(C)CCn2nc3c(c2C#N)-c2cnc(N)c(c2)N2CCC[C@@H]2c2cc(F)ccc2C(=O)N(C)C3)CN1C(=O)C(NC(=O)[C@@H](C)NC)C(C)(C)C)c1ccccc1. The van der Waals surface area contributed by atoms with E-state index in [9.17, 15) is 33.6 Å². The first-order valence-corrected chi connectivity index (χ1v) is 26.7. The third-order valence-corrected chi connectivity index (χ3v) is 14.8. The number of hydrogen-bond acceptors (Lipinski definition) is 14. The molecule has 4 aromatic rings. The number of carbonyl (C=O) groups is 5. The number of pyridine rings is 1. The van der Waals surface area contributed by atoms with Crippen molar-refractivity contribution in [1.29, 1.82) is 5.26 Å². The molecular weight excluding hydrogens is 986 g/mol. The highest BCUT2D eigenvalue weighted by molar-refractivity contribution is 5.96. The highest BCUT2D eigenvalue weighted by Crippen LogP contribution is 2.42. The topological polar surface area (TPSA) is 245 Å². The lowest BCUT2D eigenvalue weighted by Crippen LogP contribution is -2.59. The van der Waals surface area contributed by atoms with Crippen LogP contribution in [0.1, 0.15) is 112 Å². The van der Waals surface area contributed by atoms with E-state index >= 15 is 0 Å². The molecule has 1 unspecified atom stereocenters. The van der Waals surface area contributed by atoms with E-state index in [4.69, 9.17) is 20.3 Å². The van der Waals surface area contributed by atoms with Crippen LogP contribution < -0.4 is 31.9 Å². The van der Waals surface area contributed by atoms with Crippen molar-refractivity contribution in [3.63, 3.8) is 0 Å². The Balaban J connectivity index is 0.896. The Morgan fingerprint density at radius 2 is 1.78 bits per heavy atom. The van der Waals surface area contributed by atoms with Gasteiger partial charge in [-0.3, -0.25) is 28.7 Å². The number of halogens is 1. The van der Waals surface area contributed by atoms with Gasteiger partial charge in [-0.2, -0.15) is 10.4 Å². The minimum atomic E-state index is -0.874. The molecule has 0 radical (unpaired) electrons. The van der Waals surface area contributed by atoms with Crippen LogP contribution in [0.15, 0.2) is 60.8 Å². The van der Waals surface area contributed by atoms with Crippen molar-refractivity contribution in [2.24, 2.45) is 5.41 Å². The lowest BCUT2D eigenvalue weighted by atomic mass is 9.85. The van der Waals surface area contributed by atoms with Crippen LogP contribution in [-0.2, 0) is 41.7 Å². The molecule has 6 N–H and O–H groups in total. The van der Waals surface area contributed by atoms with Crippen LogP contribution in [0.3, 0.4) is 0 Å². The van der Waals surface area contributed by atoms with Crippen LogP contribution in [0.2, 0.25) is 0 Å². The second-order valence-electron chi connectivity index (χ2n) is 21.3. The monoisotopic (exact) mass is 1060 g/mol. The maximum absolute atomic E-state index is 14.8. The second kappa shape index (κ2) is 25.9. The Morgan fingerprint density at radius 1 is 1.04 bits per heavy atom. The third-order valence-electron chi connectivity index (χ3n) is 14.8. The second-order valence-corrected chi connectivity index (χ2v) is 21.3. The Morgan fingerprint density at radius 3 is 2.48 bits per heavy atom. The summed E-state index contributed by atoms with van der Waals surface area (Å²) in [7, 11) is 5.00. The van der Waals surface area contributed by atoms with Gasteiger partial charge in [0.2, 0.25) is 23.6 Å². The number of nitrogen functional groups attached to an aromatic ring is 1. The molecule has 414 valence electrons. The van der Waals surface area contributed by atoms with E-state index in [-0.39, 0.29) is 112 Å². The number of anilines is 2. The fourth-order valence-electron chi connectivity index (χ4n) is 10.4. The summed E-state index contributed by atoms with van der Waals surface area (Å²) in [6.07, 6.45) is 4.22. The van der Waals surface area contributed by atoms with E-state index in [1.54, 1.807) is 48.7 Å². The van der Waals surface area contributed by atoms with Crippen LogP contribution in [0.25, 0.3) is 11.1 Å². The van der Waals surface area contributed by atoms with Gasteiger partial charge in [0.25, 0.3) is 5.91 Å². The number of nitriles is 1. The van der Waals surface area contributed by atoms with Crippen molar-refractivity contribution in [1.82, 2.24) is 50.7 Å². The average molecular weight is 1060 g/mol. The van der Waals surface area contributed by atoms with Crippen LogP contribution in [0, 0.1) is 22.6 Å². The number of fused-ring (bicyclic) bond motifs is 8. The molecule has 20 nitrogen and oxygen atoms in total. The molecular formula is C56H76FN13O7. The molecule has 2 saturated heterocycles. The standard InChI is InChI=1S/C56H76FN13O7/c1-9-42(36-14-11-10-12-15-36)63-53(73)46-30-39(33-69(46)55(75)50(56(3,4)5)64-52(72)35(2)60-6)61-20-25-77-27-26-76-24-19-48(71)66(7)22-23-70-47(31-58)49-37-28-45(51(59)62-32-37)68-21-13-16-44(68)41-29-38(57)17-18-40(41)54(74)67(8)34-43(49)65-70/h10-12,14-15,17-18,28-29,32,35,39,42,44,46,50,60-61H,9,13,16,19-27,30,33-34H2,1-8H3,(H2,59,62)(H,63,73)(H,64,72)/t35-,39-,42+,44-,46-,50?/m1/s1. The van der Waals surface area contributed by atoms with Gasteiger partial charge in [-0.25, -0.2) is 9.37 Å². The Labute approximate surface area is 451 Å². The largest absolute Gasteiger partial charge is 0.382 e. The molecule has 3 aliphatic heterocycles. The van der Waals surface area contributed by atoms with Gasteiger partial charge < -0.3 is 56.1 Å². The molecule has 5 amide bonds. The van der Waals surface area contributed by atoms with Crippen molar-refractivity contribution in [3.8, 4) is 17.2 Å². The first-order chi connectivity index (χ1) is 36.8. The molecule has 2 aromatic carbocycles. The molecule has 2 fully saturated rings. The van der Waals surface area contributed by atoms with Gasteiger partial charge in [-0.05, 0) is 80.5 Å². The Hall–Kier alpha value is -6.99. The van der Waals surface area contributed by atoms with Crippen molar-refractivity contribution in [2.75, 3.05) is 84.4 Å². The molecule has 77 heavy (non-hydrogen) atoms. The minimum Gasteiger partial charge on any atom is -0.382 e. The van der Waals surface area contributed by atoms with E-state index in [0.717, 1.165) is 12.0 Å². The minimum absolute atomic E-state index is 0.0446. The predicted octanol–water partition coefficient (Wildman–Crippen LogP) is 4.31. The predicted molar refractivity (Wildman–Crippen MR) is 289 cm³/mol. The van der Waals surface area contributed by atoms with E-state index in [1.807, 2.05) is 64.1 Å². The normalized spacial score (nSPS) is 18.5. The van der Waals surface area contributed by atoms with Gasteiger partial charge in [0, 0.05) is 69.2 Å². The highest BCUT2D eigenvalue weighted by atomic mass is 19.1. The number of amides is 5. The van der Waals surface area contributed by atoms with Crippen molar-refractivity contribution in [2.45, 2.75) is 116 Å². The van der Waals surface area contributed by atoms with Crippen LogP contribution >= 0.6 is 0 Å². The average Bonchev–Trinajstić information content (AvgIpc) is 4.19. The number of benzene rings is 2. The lowest BCUT2D eigenvalue weighted by Gasteiger charge is -2.36. The molecule has 6 atom stereocenters. The van der Waals surface area contributed by atoms with Crippen LogP contribution in [0.5, 0.6) is 0 Å². The molecule has 0 saturated carbocycles. The Kier molecular flexibility index (Phi) is 19.4. The number of aromatic nitrogens is 3. The van der Waals surface area contributed by atoms with Gasteiger partial charge in [0.15, 0.2) is 0 Å². The third kappa shape index (κ3) is 13.8. The van der Waals surface area contributed by atoms with Gasteiger partial charge in [0.05, 0.1) is 75.4 Å². The summed E-state index contributed by atoms with van der Waals surface area (Å²) in [5.41, 5.74) is 10.2. The number of likely N-dealkylation sites (tertiary alicyclic amines) is 1. The first-order valence-electron chi connectivity index (χ1n) is 26.7. The summed E-state index contributed by atoms with van der Waals surface area (Å²) in [5.74, 6) is -1.53. The number of hydrogen-bond donors (Lipinski definition) is 5. The summed E-state index contributed by atoms with van der Waals surface area (Å²) >= 11 is 0. The summed E-state index contributed by atoms with van der Waals surface area (Å²) in [6.45, 7) is 12.2. The fourth-order valence-corrected chi connectivity index (χ4v) is 10.4. The summed E-state index contributed by atoms with van der Waals surface area (Å²) < 4.78 is 27.9. The quantitative estimate of drug-likeness (QED) is 0.0731. The van der Waals surface area contributed by atoms with Gasteiger partial charge >= 0.3 is 0 Å². The number of nitrogens with two attached hydrogens (primary N) is 1. The summed E-state index contributed by atoms with van der Waals surface area (Å²) in [5, 5.41) is 27.9. The zero-order chi connectivity index (χ0) is 55.6. The molecule has 3 aliphatic rings. The number of rotatable bonds is 21. The molecule has 7 rings (SSSR count). The summed E-state index contributed by atoms with van der Waals surface area (Å²) in [6, 6.07) is 15.2. The first kappa shape index (κ1) is 57.7. The van der Waals surface area contributed by atoms with Gasteiger partial charge in [-0.1, -0.05) is 58.0 Å². The molecule has 0 aliphatic carbocycles. The maximum Gasteiger partial charge on any atom is 0.254 e. The van der Waals surface area contributed by atoms with E-state index < -0.39 is 29.4 Å².